The van der Waals surface area contributed by atoms with E-state index in [9.17, 15) is 19.7 Å². The topological polar surface area (TPSA) is 92.6 Å². The van der Waals surface area contributed by atoms with Crippen LogP contribution in [0.4, 0.5) is 5.69 Å². The summed E-state index contributed by atoms with van der Waals surface area (Å²) in [6, 6.07) is 4.30. The van der Waals surface area contributed by atoms with Crippen LogP contribution in [0.25, 0.3) is 0 Å². The number of nitro groups is 1. The van der Waals surface area contributed by atoms with Crippen LogP contribution in [0.1, 0.15) is 22.3 Å². The van der Waals surface area contributed by atoms with Gasteiger partial charge in [0.1, 0.15) is 0 Å². The second-order valence-corrected chi connectivity index (χ2v) is 4.65. The first kappa shape index (κ1) is 14.0. The summed E-state index contributed by atoms with van der Waals surface area (Å²) in [5.41, 5.74) is 0.849. The van der Waals surface area contributed by atoms with Crippen molar-refractivity contribution in [1.82, 2.24) is 10.2 Å². The fourth-order valence-electron chi connectivity index (χ4n) is 2.15. The monoisotopic (exact) mass is 277 g/mol. The Kier molecular flexibility index (Phi) is 3.97. The molecule has 0 atom stereocenters. The molecule has 7 heteroatoms. The molecule has 0 aromatic heterocycles. The van der Waals surface area contributed by atoms with E-state index in [-0.39, 0.29) is 23.9 Å². The highest BCUT2D eigenvalue weighted by Crippen LogP contribution is 2.19. The molecule has 1 aliphatic heterocycles. The van der Waals surface area contributed by atoms with Gasteiger partial charge >= 0.3 is 0 Å². The number of hydrogen-bond acceptors (Lipinski definition) is 4. The summed E-state index contributed by atoms with van der Waals surface area (Å²) in [6.07, 6.45) is 0.275. The fraction of sp³-hybridized carbons (Fsp3) is 0.385. The van der Waals surface area contributed by atoms with E-state index >= 15 is 0 Å². The third-order valence-corrected chi connectivity index (χ3v) is 3.24. The van der Waals surface area contributed by atoms with Crippen LogP contribution in [-0.2, 0) is 4.79 Å². The van der Waals surface area contributed by atoms with E-state index in [0.29, 0.717) is 30.8 Å². The van der Waals surface area contributed by atoms with E-state index in [0.717, 1.165) is 0 Å². The predicted molar refractivity (Wildman–Crippen MR) is 71.4 cm³/mol. The zero-order chi connectivity index (χ0) is 14.7. The van der Waals surface area contributed by atoms with Gasteiger partial charge in [0.15, 0.2) is 0 Å². The molecule has 7 nitrogen and oxygen atoms in total. The Balaban J connectivity index is 2.18. The number of aryl methyl sites for hydroxylation is 1. The van der Waals surface area contributed by atoms with Crippen LogP contribution in [0.2, 0.25) is 0 Å². The van der Waals surface area contributed by atoms with Gasteiger partial charge in [0, 0.05) is 43.2 Å². The minimum atomic E-state index is -0.474. The van der Waals surface area contributed by atoms with Gasteiger partial charge < -0.3 is 10.2 Å². The van der Waals surface area contributed by atoms with E-state index < -0.39 is 4.92 Å². The molecule has 0 saturated carbocycles. The lowest BCUT2D eigenvalue weighted by atomic mass is 10.1. The molecule has 1 heterocycles. The average molecular weight is 277 g/mol. The van der Waals surface area contributed by atoms with Crippen molar-refractivity contribution in [2.45, 2.75) is 13.3 Å². The normalized spacial score (nSPS) is 15.4. The summed E-state index contributed by atoms with van der Waals surface area (Å²) in [5.74, 6) is -0.278. The molecule has 2 rings (SSSR count). The summed E-state index contributed by atoms with van der Waals surface area (Å²) >= 11 is 0. The molecule has 0 bridgehead atoms. The van der Waals surface area contributed by atoms with Crippen molar-refractivity contribution in [3.05, 3.63) is 39.4 Å². The van der Waals surface area contributed by atoms with E-state index in [1.807, 2.05) is 0 Å². The van der Waals surface area contributed by atoms with Crippen LogP contribution >= 0.6 is 0 Å². The van der Waals surface area contributed by atoms with E-state index in [4.69, 9.17) is 0 Å². The molecule has 1 aliphatic rings. The second kappa shape index (κ2) is 5.68. The van der Waals surface area contributed by atoms with Crippen LogP contribution in [-0.4, -0.2) is 41.3 Å². The van der Waals surface area contributed by atoms with Crippen LogP contribution in [0.15, 0.2) is 18.2 Å². The molecule has 0 unspecified atom stereocenters. The smallest absolute Gasteiger partial charge is 0.272 e. The molecule has 20 heavy (non-hydrogen) atoms. The molecule has 1 aromatic carbocycles. The van der Waals surface area contributed by atoms with Gasteiger partial charge in [-0.3, -0.25) is 19.7 Å². The largest absolute Gasteiger partial charge is 0.354 e. The maximum Gasteiger partial charge on any atom is 0.272 e. The molecule has 0 spiro atoms. The molecule has 106 valence electrons. The second-order valence-electron chi connectivity index (χ2n) is 4.65. The third-order valence-electron chi connectivity index (χ3n) is 3.24. The van der Waals surface area contributed by atoms with Crippen molar-refractivity contribution in [3.8, 4) is 0 Å². The Bertz CT molecular complexity index is 571. The average Bonchev–Trinajstić information content (AvgIpc) is 2.62. The summed E-state index contributed by atoms with van der Waals surface area (Å²) in [6.45, 7) is 2.83. The van der Waals surface area contributed by atoms with Crippen molar-refractivity contribution >= 4 is 17.5 Å². The van der Waals surface area contributed by atoms with Gasteiger partial charge in [-0.1, -0.05) is 0 Å². The van der Waals surface area contributed by atoms with E-state index in [1.54, 1.807) is 11.8 Å². The molecule has 1 fully saturated rings. The molecular formula is C13H15N3O4. The van der Waals surface area contributed by atoms with Gasteiger partial charge in [0.25, 0.3) is 11.6 Å². The molecule has 1 aromatic rings. The number of carbonyl (C=O) groups excluding carboxylic acids is 2. The maximum atomic E-state index is 12.3. The Hall–Kier alpha value is -2.44. The number of rotatable bonds is 2. The number of benzene rings is 1. The quantitative estimate of drug-likeness (QED) is 0.641. The Morgan fingerprint density at radius 2 is 2.15 bits per heavy atom. The fourth-order valence-corrected chi connectivity index (χ4v) is 2.15. The predicted octanol–water partition coefficient (Wildman–Crippen LogP) is 0.865. The summed E-state index contributed by atoms with van der Waals surface area (Å²) in [7, 11) is 0. The zero-order valence-corrected chi connectivity index (χ0v) is 11.1. The Labute approximate surface area is 115 Å². The number of nitro benzene ring substituents is 1. The summed E-state index contributed by atoms with van der Waals surface area (Å²) < 4.78 is 0. The van der Waals surface area contributed by atoms with Gasteiger partial charge in [0.05, 0.1) is 4.92 Å². The number of nitrogens with one attached hydrogen (secondary N) is 1. The first-order valence-electron chi connectivity index (χ1n) is 6.30. The van der Waals surface area contributed by atoms with Crippen molar-refractivity contribution in [1.29, 1.82) is 0 Å². The van der Waals surface area contributed by atoms with Crippen molar-refractivity contribution in [2.24, 2.45) is 0 Å². The standard InChI is InChI=1S/C13H15N3O4/c1-9-8-10(2-3-11(9)16(19)20)13(18)15-6-4-12(17)14-5-7-15/h2-3,8H,4-7H2,1H3,(H,14,17). The number of hydrogen-bond donors (Lipinski definition) is 1. The first-order chi connectivity index (χ1) is 9.49. The van der Waals surface area contributed by atoms with Crippen molar-refractivity contribution in [3.63, 3.8) is 0 Å². The van der Waals surface area contributed by atoms with Crippen LogP contribution in [0.3, 0.4) is 0 Å². The highest BCUT2D eigenvalue weighted by molar-refractivity contribution is 5.95. The van der Waals surface area contributed by atoms with E-state index in [2.05, 4.69) is 5.32 Å². The first-order valence-corrected chi connectivity index (χ1v) is 6.30. The highest BCUT2D eigenvalue weighted by atomic mass is 16.6. The molecule has 0 aliphatic carbocycles. The minimum Gasteiger partial charge on any atom is -0.354 e. The van der Waals surface area contributed by atoms with Crippen molar-refractivity contribution < 1.29 is 14.5 Å². The summed E-state index contributed by atoms with van der Waals surface area (Å²) in [5, 5.41) is 13.4. The van der Waals surface area contributed by atoms with Crippen LogP contribution in [0, 0.1) is 17.0 Å². The number of amides is 2. The third kappa shape index (κ3) is 2.93. The molecule has 0 radical (unpaired) electrons. The number of carbonyl (C=O) groups is 2. The van der Waals surface area contributed by atoms with Gasteiger partial charge in [-0.05, 0) is 19.1 Å². The minimum absolute atomic E-state index is 0.00531. The Morgan fingerprint density at radius 3 is 2.80 bits per heavy atom. The lowest BCUT2D eigenvalue weighted by Gasteiger charge is -2.19. The highest BCUT2D eigenvalue weighted by Gasteiger charge is 2.21. The molecule has 2 amide bonds. The zero-order valence-electron chi connectivity index (χ0n) is 11.1. The SMILES string of the molecule is Cc1cc(C(=O)N2CCNC(=O)CC2)ccc1[N+](=O)[O-]. The summed E-state index contributed by atoms with van der Waals surface area (Å²) in [4.78, 5) is 35.4. The van der Waals surface area contributed by atoms with E-state index in [1.165, 1.54) is 18.2 Å². The van der Waals surface area contributed by atoms with Gasteiger partial charge in [-0.15, -0.1) is 0 Å². The van der Waals surface area contributed by atoms with Gasteiger partial charge in [-0.2, -0.15) is 0 Å². The lowest BCUT2D eigenvalue weighted by molar-refractivity contribution is -0.385. The van der Waals surface area contributed by atoms with Crippen molar-refractivity contribution in [2.75, 3.05) is 19.6 Å². The molecule has 1 saturated heterocycles. The van der Waals surface area contributed by atoms with Gasteiger partial charge in [0.2, 0.25) is 5.91 Å². The molecule has 1 N–H and O–H groups in total. The van der Waals surface area contributed by atoms with Crippen LogP contribution < -0.4 is 5.32 Å². The number of nitrogens with zero attached hydrogens (tertiary/aromatic N) is 2. The van der Waals surface area contributed by atoms with Gasteiger partial charge in [-0.25, -0.2) is 0 Å². The molecular weight excluding hydrogens is 262 g/mol. The maximum absolute atomic E-state index is 12.3. The lowest BCUT2D eigenvalue weighted by Crippen LogP contribution is -2.34. The van der Waals surface area contributed by atoms with Crippen LogP contribution in [0.5, 0.6) is 0 Å². The Morgan fingerprint density at radius 1 is 1.40 bits per heavy atom.